The Morgan fingerprint density at radius 3 is 2.29 bits per heavy atom. The normalized spacial score (nSPS) is 27.4. The van der Waals surface area contributed by atoms with Gasteiger partial charge in [-0.2, -0.15) is 0 Å². The Kier molecular flexibility index (Phi) is 7.93. The third kappa shape index (κ3) is 5.22. The first-order valence-electron chi connectivity index (χ1n) is 15.3. The summed E-state index contributed by atoms with van der Waals surface area (Å²) in [6, 6.07) is 31.0. The molecule has 3 amide bonds. The third-order valence-electron chi connectivity index (χ3n) is 9.52. The van der Waals surface area contributed by atoms with Gasteiger partial charge in [0.15, 0.2) is 0 Å². The highest BCUT2D eigenvalue weighted by Gasteiger charge is 2.77. The first kappa shape index (κ1) is 29.6. The molecule has 0 radical (unpaired) electrons. The number of rotatable bonds is 9. The first-order chi connectivity index (χ1) is 21.9. The van der Waals surface area contributed by atoms with E-state index in [1.54, 1.807) is 0 Å². The molecule has 3 N–H and O–H groups in total. The van der Waals surface area contributed by atoms with E-state index in [1.807, 2.05) is 103 Å². The Morgan fingerprint density at radius 1 is 0.911 bits per heavy atom. The van der Waals surface area contributed by atoms with Crippen LogP contribution in [0.3, 0.4) is 0 Å². The number of nitrogens with one attached hydrogen (secondary N) is 2. The number of aliphatic hydroxyl groups is 1. The predicted octanol–water partition coefficient (Wildman–Crippen LogP) is 4.45. The van der Waals surface area contributed by atoms with Crippen LogP contribution in [0.15, 0.2) is 103 Å². The topological polar surface area (TPSA) is 108 Å². The number of alkyl halides is 1. The summed E-state index contributed by atoms with van der Waals surface area (Å²) in [6.45, 7) is -0.0398. The van der Waals surface area contributed by atoms with E-state index in [1.165, 1.54) is 4.90 Å². The molecule has 7 rings (SSSR count). The van der Waals surface area contributed by atoms with E-state index in [2.05, 4.69) is 26.6 Å². The summed E-state index contributed by atoms with van der Waals surface area (Å²) in [5.74, 6) is -2.70. The van der Waals surface area contributed by atoms with Crippen molar-refractivity contribution in [2.45, 2.75) is 48.0 Å². The van der Waals surface area contributed by atoms with Gasteiger partial charge in [-0.05, 0) is 46.9 Å². The molecule has 230 valence electrons. The third-order valence-corrected chi connectivity index (χ3v) is 10.4. The van der Waals surface area contributed by atoms with Gasteiger partial charge in [0.05, 0.1) is 30.6 Å². The number of carbonyl (C=O) groups excluding carboxylic acids is 3. The average molecular weight is 669 g/mol. The zero-order valence-corrected chi connectivity index (χ0v) is 26.1. The van der Waals surface area contributed by atoms with Gasteiger partial charge in [0, 0.05) is 17.1 Å². The molecular formula is C36H34BrN3O5. The highest BCUT2D eigenvalue weighted by molar-refractivity contribution is 9.09. The number of amides is 3. The lowest BCUT2D eigenvalue weighted by atomic mass is 9.70. The van der Waals surface area contributed by atoms with Crippen LogP contribution in [0.1, 0.15) is 17.5 Å². The fourth-order valence-electron chi connectivity index (χ4n) is 7.58. The molecule has 3 saturated heterocycles. The summed E-state index contributed by atoms with van der Waals surface area (Å²) < 4.78 is 6.66. The van der Waals surface area contributed by atoms with Crippen LogP contribution < -0.4 is 10.6 Å². The number of ether oxygens (including phenoxy) is 1. The molecular weight excluding hydrogens is 634 g/mol. The van der Waals surface area contributed by atoms with Gasteiger partial charge >= 0.3 is 0 Å². The lowest BCUT2D eigenvalue weighted by molar-refractivity contribution is -0.144. The van der Waals surface area contributed by atoms with Crippen LogP contribution in [0.25, 0.3) is 10.8 Å². The van der Waals surface area contributed by atoms with Gasteiger partial charge in [-0.15, -0.1) is 0 Å². The molecule has 9 heteroatoms. The Morgan fingerprint density at radius 2 is 1.58 bits per heavy atom. The minimum Gasteiger partial charge on any atom is -0.394 e. The first-order valence-corrected chi connectivity index (χ1v) is 16.2. The monoisotopic (exact) mass is 667 g/mol. The standard InChI is InChI=1S/C36H34BrN3O5/c37-28-19-36-30(29(31(28)45-36)33(42)38-20-23-11-5-2-6-12-23)35(44)40(27(21-41)17-22-9-3-1-4-10-22)32(36)34(43)39-26-16-15-24-13-7-8-14-25(24)18-26/h1-16,18,27-32,41H,17,19-21H2,(H,38,42)(H,39,43)/t27-,28?,29-,30+,31-,32?,36?/m1/s1. The fraction of sp³-hybridized carbons (Fsp3) is 0.306. The molecule has 3 aliphatic rings. The largest absolute Gasteiger partial charge is 0.394 e. The molecule has 0 aromatic heterocycles. The van der Waals surface area contributed by atoms with Crippen molar-refractivity contribution in [3.63, 3.8) is 0 Å². The number of likely N-dealkylation sites (tertiary alicyclic amines) is 1. The molecule has 8 nitrogen and oxygen atoms in total. The molecule has 0 aliphatic carbocycles. The Hall–Kier alpha value is -4.05. The number of aliphatic hydroxyl groups excluding tert-OH is 1. The summed E-state index contributed by atoms with van der Waals surface area (Å²) in [6.07, 6.45) is 0.152. The van der Waals surface area contributed by atoms with Crippen molar-refractivity contribution < 1.29 is 24.2 Å². The van der Waals surface area contributed by atoms with Crippen LogP contribution in [-0.2, 0) is 32.1 Å². The SMILES string of the molecule is O=C(Nc1ccc2ccccc2c1)C1N([C@@H](CO)Cc2ccccc2)C(=O)[C@@H]2[C@@H](C(=O)NCc3ccccc3)[C@@H]3OC12CC3Br. The molecule has 2 bridgehead atoms. The van der Waals surface area contributed by atoms with Crippen molar-refractivity contribution in [3.8, 4) is 0 Å². The number of fused-ring (bicyclic) bond motifs is 2. The molecule has 7 atom stereocenters. The van der Waals surface area contributed by atoms with Gasteiger partial charge in [0.2, 0.25) is 17.7 Å². The maximum absolute atomic E-state index is 14.6. The molecule has 3 fully saturated rings. The zero-order chi connectivity index (χ0) is 31.1. The maximum atomic E-state index is 14.6. The summed E-state index contributed by atoms with van der Waals surface area (Å²) in [5, 5.41) is 18.8. The summed E-state index contributed by atoms with van der Waals surface area (Å²) in [7, 11) is 0. The van der Waals surface area contributed by atoms with Crippen LogP contribution in [0, 0.1) is 11.8 Å². The molecule has 4 aromatic rings. The number of nitrogens with zero attached hydrogens (tertiary/aromatic N) is 1. The van der Waals surface area contributed by atoms with Crippen LogP contribution in [0.5, 0.6) is 0 Å². The molecule has 3 aliphatic heterocycles. The van der Waals surface area contributed by atoms with Crippen LogP contribution in [0.4, 0.5) is 5.69 Å². The second-order valence-electron chi connectivity index (χ2n) is 12.2. The maximum Gasteiger partial charge on any atom is 0.250 e. The molecule has 3 unspecified atom stereocenters. The van der Waals surface area contributed by atoms with Gasteiger partial charge < -0.3 is 25.4 Å². The van der Waals surface area contributed by atoms with Gasteiger partial charge in [-0.25, -0.2) is 0 Å². The van der Waals surface area contributed by atoms with E-state index in [4.69, 9.17) is 4.74 Å². The van der Waals surface area contributed by atoms with E-state index < -0.39 is 41.5 Å². The quantitative estimate of drug-likeness (QED) is 0.229. The summed E-state index contributed by atoms with van der Waals surface area (Å²) >= 11 is 3.73. The van der Waals surface area contributed by atoms with Gasteiger partial charge in [-0.1, -0.05) is 107 Å². The van der Waals surface area contributed by atoms with Crippen molar-refractivity contribution >= 4 is 50.1 Å². The second-order valence-corrected chi connectivity index (χ2v) is 13.4. The van der Waals surface area contributed by atoms with Crippen LogP contribution in [0.2, 0.25) is 0 Å². The van der Waals surface area contributed by atoms with Gasteiger partial charge in [0.1, 0.15) is 11.6 Å². The van der Waals surface area contributed by atoms with Crippen molar-refractivity contribution in [1.82, 2.24) is 10.2 Å². The number of carbonyl (C=O) groups is 3. The molecule has 1 spiro atoms. The minimum absolute atomic E-state index is 0.230. The van der Waals surface area contributed by atoms with Gasteiger partial charge in [-0.3, -0.25) is 14.4 Å². The molecule has 3 heterocycles. The predicted molar refractivity (Wildman–Crippen MR) is 174 cm³/mol. The van der Waals surface area contributed by atoms with Crippen molar-refractivity contribution in [3.05, 3.63) is 114 Å². The lowest BCUT2D eigenvalue weighted by Crippen LogP contribution is -2.57. The van der Waals surface area contributed by atoms with E-state index in [-0.39, 0.29) is 23.2 Å². The number of hydrogen-bond donors (Lipinski definition) is 3. The van der Waals surface area contributed by atoms with Crippen LogP contribution in [-0.4, -0.2) is 63.0 Å². The van der Waals surface area contributed by atoms with E-state index in [0.717, 1.165) is 21.9 Å². The minimum atomic E-state index is -1.24. The van der Waals surface area contributed by atoms with E-state index in [9.17, 15) is 19.5 Å². The highest BCUT2D eigenvalue weighted by atomic mass is 79.9. The van der Waals surface area contributed by atoms with Crippen molar-refractivity contribution in [1.29, 1.82) is 0 Å². The molecule has 0 saturated carbocycles. The van der Waals surface area contributed by atoms with E-state index >= 15 is 0 Å². The summed E-state index contributed by atoms with van der Waals surface area (Å²) in [4.78, 5) is 44.1. The fourth-order valence-corrected chi connectivity index (χ4v) is 8.52. The lowest BCUT2D eigenvalue weighted by Gasteiger charge is -2.37. The van der Waals surface area contributed by atoms with Crippen molar-refractivity contribution in [2.75, 3.05) is 11.9 Å². The highest BCUT2D eigenvalue weighted by Crippen LogP contribution is 2.60. The Labute approximate surface area is 269 Å². The Balaban J connectivity index is 1.24. The Bertz CT molecular complexity index is 1740. The second kappa shape index (κ2) is 12.0. The smallest absolute Gasteiger partial charge is 0.250 e. The zero-order valence-electron chi connectivity index (χ0n) is 24.5. The molecule has 4 aromatic carbocycles. The number of hydrogen-bond acceptors (Lipinski definition) is 5. The van der Waals surface area contributed by atoms with Crippen LogP contribution >= 0.6 is 15.9 Å². The van der Waals surface area contributed by atoms with Gasteiger partial charge in [0.25, 0.3) is 0 Å². The molecule has 45 heavy (non-hydrogen) atoms. The van der Waals surface area contributed by atoms with Crippen molar-refractivity contribution in [2.24, 2.45) is 11.8 Å². The number of halogens is 1. The number of benzene rings is 4. The summed E-state index contributed by atoms with van der Waals surface area (Å²) in [5.41, 5.74) is 1.22. The average Bonchev–Trinajstić information content (AvgIpc) is 3.66. The number of anilines is 1. The van der Waals surface area contributed by atoms with E-state index in [0.29, 0.717) is 25.1 Å².